The fraction of sp³-hybridized carbons (Fsp3) is 0.588. The van der Waals surface area contributed by atoms with E-state index in [9.17, 15) is 0 Å². The molecule has 1 fully saturated rings. The lowest BCUT2D eigenvalue weighted by molar-refractivity contribution is 0.0790. The van der Waals surface area contributed by atoms with Crippen molar-refractivity contribution in [3.05, 3.63) is 83.9 Å². The van der Waals surface area contributed by atoms with Crippen LogP contribution in [0.2, 0.25) is 87.9 Å². The van der Waals surface area contributed by atoms with E-state index in [1.54, 1.807) is 11.1 Å². The molecule has 2 aliphatic carbocycles. The molecule has 2 aromatic carbocycles. The Morgan fingerprint density at radius 3 is 0.921 bits per heavy atom. The molecule has 1 saturated carbocycles. The molecule has 4 rings (SSSR count). The van der Waals surface area contributed by atoms with Crippen LogP contribution in [0.15, 0.2) is 72.8 Å². The molecule has 38 heavy (non-hydrogen) atoms. The van der Waals surface area contributed by atoms with Crippen LogP contribution in [0.5, 0.6) is 0 Å². The van der Waals surface area contributed by atoms with Gasteiger partial charge in [-0.05, 0) is 33.3 Å². The minimum Gasteiger partial charge on any atom is -0.0876 e. The summed E-state index contributed by atoms with van der Waals surface area (Å²) in [5.41, 5.74) is 3.51. The molecule has 0 spiro atoms. The largest absolute Gasteiger partial charge is 0.0876 e. The highest BCUT2D eigenvalue weighted by molar-refractivity contribution is 7.01. The van der Waals surface area contributed by atoms with Gasteiger partial charge in [0.2, 0.25) is 0 Å². The van der Waals surface area contributed by atoms with Gasteiger partial charge in [0.1, 0.15) is 0 Å². The summed E-state index contributed by atoms with van der Waals surface area (Å²) >= 11 is 0. The molecule has 2 unspecified atom stereocenters. The number of allylic oxidation sites excluding steroid dienone is 2. The van der Waals surface area contributed by atoms with Crippen LogP contribution in [0.3, 0.4) is 0 Å². The number of fused-ring (bicyclic) bond motifs is 1. The van der Waals surface area contributed by atoms with Gasteiger partial charge in [0.15, 0.2) is 0 Å². The highest BCUT2D eigenvalue weighted by atomic mass is 28.4. The van der Waals surface area contributed by atoms with E-state index in [1.165, 1.54) is 25.7 Å². The normalized spacial score (nSPS) is 27.6. The fourth-order valence-corrected chi connectivity index (χ4v) is 40.2. The molecule has 2 atom stereocenters. The Hall–Kier alpha value is -0.952. The summed E-state index contributed by atoms with van der Waals surface area (Å²) in [7, 11) is -6.83. The van der Waals surface area contributed by atoms with Gasteiger partial charge in [-0.25, -0.2) is 0 Å². The Bertz CT molecular complexity index is 1030. The van der Waals surface area contributed by atoms with Crippen LogP contribution >= 0.6 is 0 Å². The molecular formula is C34H56Si4. The molecule has 0 bridgehead atoms. The lowest BCUT2D eigenvalue weighted by atomic mass is 9.45. The molecule has 0 aromatic heterocycles. The highest BCUT2D eigenvalue weighted by Gasteiger charge is 2.81. The zero-order chi connectivity index (χ0) is 28.5. The summed E-state index contributed by atoms with van der Waals surface area (Å²) in [6.45, 7) is 33.0. The van der Waals surface area contributed by atoms with Gasteiger partial charge in [-0.3, -0.25) is 0 Å². The summed E-state index contributed by atoms with van der Waals surface area (Å²) in [5.74, 6) is 0. The third-order valence-corrected chi connectivity index (χ3v) is 33.7. The van der Waals surface area contributed by atoms with Crippen LogP contribution in [0, 0.1) is 0 Å². The van der Waals surface area contributed by atoms with E-state index < -0.39 is 32.3 Å². The van der Waals surface area contributed by atoms with Crippen molar-refractivity contribution in [3.8, 4) is 0 Å². The Balaban J connectivity index is 2.40. The Labute approximate surface area is 239 Å². The van der Waals surface area contributed by atoms with E-state index in [0.717, 1.165) is 0 Å². The minimum absolute atomic E-state index is 0.102. The summed E-state index contributed by atoms with van der Waals surface area (Å²) in [6, 6.07) is 24.2. The number of benzene rings is 2. The molecule has 0 amide bonds. The van der Waals surface area contributed by atoms with Gasteiger partial charge in [0, 0.05) is 43.1 Å². The average Bonchev–Trinajstić information content (AvgIpc) is 2.81. The van der Waals surface area contributed by atoms with E-state index in [-0.39, 0.29) is 10.8 Å². The minimum atomic E-state index is -1.71. The molecule has 0 heterocycles. The van der Waals surface area contributed by atoms with Crippen molar-refractivity contribution < 1.29 is 0 Å². The van der Waals surface area contributed by atoms with Crippen LogP contribution in [-0.4, -0.2) is 32.3 Å². The zero-order valence-electron chi connectivity index (χ0n) is 26.8. The number of rotatable bonds is 6. The van der Waals surface area contributed by atoms with Gasteiger partial charge in [0.25, 0.3) is 0 Å². The first-order chi connectivity index (χ1) is 17.4. The molecule has 0 N–H and O–H groups in total. The summed E-state index contributed by atoms with van der Waals surface area (Å²) < 4.78 is 0.746. The molecule has 0 nitrogen and oxygen atoms in total. The van der Waals surface area contributed by atoms with Crippen molar-refractivity contribution in [3.63, 3.8) is 0 Å². The van der Waals surface area contributed by atoms with Crippen molar-refractivity contribution >= 4 is 32.3 Å². The van der Waals surface area contributed by atoms with Gasteiger partial charge < -0.3 is 0 Å². The van der Waals surface area contributed by atoms with Gasteiger partial charge in [0.05, 0.1) is 0 Å². The molecule has 2 aliphatic rings. The van der Waals surface area contributed by atoms with E-state index >= 15 is 0 Å². The van der Waals surface area contributed by atoms with Gasteiger partial charge in [-0.2, -0.15) is 0 Å². The molecule has 4 heteroatoms. The first-order valence-electron chi connectivity index (χ1n) is 15.1. The standard InChI is InChI=1S/C34H56Si4/c1-35(2,3)33(36(4,5)6)27-28-34(37(7,8)9,38(10,11)12)32(30-23-17-14-18-24-30)26-20-19-25-31(32,33)29-21-15-13-16-22-29/h13-24H,25-28H2,1-12H3. The smallest absolute Gasteiger partial charge is 0.0489 e. The second-order valence-corrected chi connectivity index (χ2v) is 39.1. The van der Waals surface area contributed by atoms with Crippen molar-refractivity contribution in [1.29, 1.82) is 0 Å². The molecule has 0 aliphatic heterocycles. The van der Waals surface area contributed by atoms with E-state index in [1.807, 2.05) is 0 Å². The number of hydrogen-bond acceptors (Lipinski definition) is 0. The van der Waals surface area contributed by atoms with Crippen LogP contribution in [-0.2, 0) is 10.8 Å². The van der Waals surface area contributed by atoms with Gasteiger partial charge in [-0.15, -0.1) is 0 Å². The third-order valence-electron chi connectivity index (χ3n) is 11.7. The predicted molar refractivity (Wildman–Crippen MR) is 183 cm³/mol. The Morgan fingerprint density at radius 2 is 0.684 bits per heavy atom. The average molecular weight is 577 g/mol. The van der Waals surface area contributed by atoms with Crippen LogP contribution in [0.1, 0.15) is 36.8 Å². The summed E-state index contributed by atoms with van der Waals surface area (Å²) in [6.07, 6.45) is 10.5. The molecule has 0 saturated heterocycles. The second kappa shape index (κ2) is 9.29. The maximum Gasteiger partial charge on any atom is 0.0489 e. The van der Waals surface area contributed by atoms with Crippen LogP contribution in [0.4, 0.5) is 0 Å². The summed E-state index contributed by atoms with van der Waals surface area (Å²) in [5, 5.41) is 0. The van der Waals surface area contributed by atoms with Crippen molar-refractivity contribution in [1.82, 2.24) is 0 Å². The maximum atomic E-state index is 2.75. The van der Waals surface area contributed by atoms with Gasteiger partial charge in [-0.1, -0.05) is 164 Å². The molecule has 0 radical (unpaired) electrons. The first-order valence-corrected chi connectivity index (χ1v) is 29.1. The Kier molecular flexibility index (Phi) is 7.34. The second-order valence-electron chi connectivity index (χ2n) is 16.7. The molecule has 208 valence electrons. The third kappa shape index (κ3) is 3.61. The Morgan fingerprint density at radius 1 is 0.421 bits per heavy atom. The SMILES string of the molecule is C[Si](C)(C)C1([Si](C)(C)C)CCC([Si](C)(C)C)([Si](C)(C)C)C2(c3ccccc3)CC=CCC21c1ccccc1. The highest BCUT2D eigenvalue weighted by Crippen LogP contribution is 2.83. The fourth-order valence-electron chi connectivity index (χ4n) is 11.7. The molecule has 2 aromatic rings. The predicted octanol–water partition coefficient (Wildman–Crippen LogP) is 10.9. The van der Waals surface area contributed by atoms with E-state index in [4.69, 9.17) is 0 Å². The topological polar surface area (TPSA) is 0 Å². The quantitative estimate of drug-likeness (QED) is 0.237. The lowest BCUT2D eigenvalue weighted by Crippen LogP contribution is -2.80. The van der Waals surface area contributed by atoms with Gasteiger partial charge >= 0.3 is 0 Å². The van der Waals surface area contributed by atoms with Crippen molar-refractivity contribution in [2.45, 2.75) is 124 Å². The van der Waals surface area contributed by atoms with E-state index in [2.05, 4.69) is 151 Å². The lowest BCUT2D eigenvalue weighted by Gasteiger charge is -2.81. The van der Waals surface area contributed by atoms with E-state index in [0.29, 0.717) is 9.32 Å². The van der Waals surface area contributed by atoms with Crippen molar-refractivity contribution in [2.75, 3.05) is 0 Å². The van der Waals surface area contributed by atoms with Crippen LogP contribution in [0.25, 0.3) is 0 Å². The monoisotopic (exact) mass is 576 g/mol. The van der Waals surface area contributed by atoms with Crippen molar-refractivity contribution in [2.24, 2.45) is 0 Å². The zero-order valence-corrected chi connectivity index (χ0v) is 30.8. The van der Waals surface area contributed by atoms with Crippen LogP contribution < -0.4 is 0 Å². The number of hydrogen-bond donors (Lipinski definition) is 0. The summed E-state index contributed by atoms with van der Waals surface area (Å²) in [4.78, 5) is 0. The first kappa shape index (κ1) is 30.0. The molecular weight excluding hydrogens is 521 g/mol. The maximum absolute atomic E-state index is 2.75.